The van der Waals surface area contributed by atoms with E-state index < -0.39 is 0 Å². The highest BCUT2D eigenvalue weighted by molar-refractivity contribution is 5.14. The van der Waals surface area contributed by atoms with Gasteiger partial charge in [0.2, 0.25) is 0 Å². The lowest BCUT2D eigenvalue weighted by Gasteiger charge is -2.01. The van der Waals surface area contributed by atoms with Gasteiger partial charge in [0.25, 0.3) is 0 Å². The number of nitrogens with zero attached hydrogens (tertiary/aromatic N) is 1. The average Bonchev–Trinajstić information content (AvgIpc) is 2.86. The Kier molecular flexibility index (Phi) is 2.64. The molecule has 3 nitrogen and oxygen atoms in total. The molecule has 72 valence electrons. The second kappa shape index (κ2) is 3.92. The van der Waals surface area contributed by atoms with E-state index in [0.717, 1.165) is 19.0 Å². The van der Waals surface area contributed by atoms with E-state index in [1.807, 2.05) is 6.20 Å². The number of aromatic amines is 1. The summed E-state index contributed by atoms with van der Waals surface area (Å²) >= 11 is 0. The third-order valence-electron chi connectivity index (χ3n) is 2.57. The van der Waals surface area contributed by atoms with Gasteiger partial charge in [0.15, 0.2) is 0 Å². The first kappa shape index (κ1) is 8.75. The Bertz CT molecular complexity index is 263. The van der Waals surface area contributed by atoms with Crippen molar-refractivity contribution in [2.24, 2.45) is 0 Å². The summed E-state index contributed by atoms with van der Waals surface area (Å²) in [5.74, 6) is 0. The zero-order chi connectivity index (χ0) is 9.10. The van der Waals surface area contributed by atoms with Crippen LogP contribution in [0.3, 0.4) is 0 Å². The van der Waals surface area contributed by atoms with Gasteiger partial charge >= 0.3 is 0 Å². The highest BCUT2D eigenvalue weighted by atomic mass is 15.1. The molecule has 1 saturated carbocycles. The van der Waals surface area contributed by atoms with Gasteiger partial charge in [-0.2, -0.15) is 5.10 Å². The summed E-state index contributed by atoms with van der Waals surface area (Å²) in [6.45, 7) is 3.23. The van der Waals surface area contributed by atoms with Crippen LogP contribution in [-0.2, 0) is 6.42 Å². The zero-order valence-corrected chi connectivity index (χ0v) is 8.14. The van der Waals surface area contributed by atoms with Crippen LogP contribution < -0.4 is 5.32 Å². The lowest BCUT2D eigenvalue weighted by molar-refractivity contribution is 0.645. The van der Waals surface area contributed by atoms with Crippen molar-refractivity contribution in [1.29, 1.82) is 0 Å². The highest BCUT2D eigenvalue weighted by Gasteiger charge is 2.19. The molecule has 1 heterocycles. The lowest BCUT2D eigenvalue weighted by atomic mass is 10.1. The smallest absolute Gasteiger partial charge is 0.0522 e. The van der Waals surface area contributed by atoms with Gasteiger partial charge < -0.3 is 5.32 Å². The van der Waals surface area contributed by atoms with E-state index in [9.17, 15) is 0 Å². The molecule has 0 bridgehead atoms. The van der Waals surface area contributed by atoms with E-state index in [0.29, 0.717) is 0 Å². The molecule has 0 spiro atoms. The van der Waals surface area contributed by atoms with Crippen LogP contribution in [0.1, 0.15) is 30.5 Å². The minimum absolute atomic E-state index is 0.838. The summed E-state index contributed by atoms with van der Waals surface area (Å²) in [5.41, 5.74) is 2.57. The minimum atomic E-state index is 0.838. The van der Waals surface area contributed by atoms with Gasteiger partial charge in [-0.3, -0.25) is 5.10 Å². The van der Waals surface area contributed by atoms with Crippen molar-refractivity contribution in [3.05, 3.63) is 17.5 Å². The molecule has 0 amide bonds. The Labute approximate surface area is 78.9 Å². The number of aryl methyl sites for hydroxylation is 2. The van der Waals surface area contributed by atoms with Gasteiger partial charge in [-0.15, -0.1) is 0 Å². The van der Waals surface area contributed by atoms with Crippen LogP contribution in [0, 0.1) is 6.92 Å². The molecule has 1 aliphatic carbocycles. The molecule has 0 saturated heterocycles. The normalized spacial score (nSPS) is 16.4. The van der Waals surface area contributed by atoms with E-state index >= 15 is 0 Å². The molecule has 1 aromatic rings. The predicted molar refractivity (Wildman–Crippen MR) is 52.7 cm³/mol. The molecular weight excluding hydrogens is 162 g/mol. The second-order valence-electron chi connectivity index (χ2n) is 3.85. The highest BCUT2D eigenvalue weighted by Crippen LogP contribution is 2.18. The number of nitrogens with one attached hydrogen (secondary N) is 2. The Morgan fingerprint density at radius 3 is 3.08 bits per heavy atom. The topological polar surface area (TPSA) is 40.7 Å². The monoisotopic (exact) mass is 179 g/mol. The van der Waals surface area contributed by atoms with E-state index in [1.54, 1.807) is 0 Å². The van der Waals surface area contributed by atoms with E-state index in [4.69, 9.17) is 0 Å². The van der Waals surface area contributed by atoms with Crippen molar-refractivity contribution in [2.45, 2.75) is 38.6 Å². The first-order chi connectivity index (χ1) is 6.36. The molecule has 1 aromatic heterocycles. The molecule has 1 aliphatic rings. The molecule has 1 fully saturated rings. The van der Waals surface area contributed by atoms with Gasteiger partial charge in [0, 0.05) is 11.7 Å². The molecule has 0 unspecified atom stereocenters. The van der Waals surface area contributed by atoms with Crippen molar-refractivity contribution in [3.8, 4) is 0 Å². The number of aromatic nitrogens is 2. The number of rotatable bonds is 5. The van der Waals surface area contributed by atoms with E-state index in [1.165, 1.54) is 30.5 Å². The molecular formula is C10H17N3. The van der Waals surface area contributed by atoms with Gasteiger partial charge in [-0.25, -0.2) is 0 Å². The minimum Gasteiger partial charge on any atom is -0.314 e. The largest absolute Gasteiger partial charge is 0.314 e. The summed E-state index contributed by atoms with van der Waals surface area (Å²) in [5, 5.41) is 10.5. The molecule has 2 rings (SSSR count). The quantitative estimate of drug-likeness (QED) is 0.671. The fourth-order valence-electron chi connectivity index (χ4n) is 1.50. The SMILES string of the molecule is Cc1[nH]ncc1CCCNC1CC1. The lowest BCUT2D eigenvalue weighted by Crippen LogP contribution is -2.17. The van der Waals surface area contributed by atoms with Crippen LogP contribution in [0.25, 0.3) is 0 Å². The number of hydrogen-bond donors (Lipinski definition) is 2. The van der Waals surface area contributed by atoms with Gasteiger partial charge in [0.1, 0.15) is 0 Å². The first-order valence-corrected chi connectivity index (χ1v) is 5.08. The standard InChI is InChI=1S/C10H17N3/c1-8-9(7-12-13-8)3-2-6-11-10-4-5-10/h7,10-11H,2-6H2,1H3,(H,12,13). The van der Waals surface area contributed by atoms with Crippen LogP contribution in [0.5, 0.6) is 0 Å². The Morgan fingerprint density at radius 2 is 2.46 bits per heavy atom. The van der Waals surface area contributed by atoms with Crippen molar-refractivity contribution in [2.75, 3.05) is 6.54 Å². The van der Waals surface area contributed by atoms with Gasteiger partial charge in [0.05, 0.1) is 6.20 Å². The maximum Gasteiger partial charge on any atom is 0.0522 e. The van der Waals surface area contributed by atoms with E-state index in [2.05, 4.69) is 22.4 Å². The molecule has 2 N–H and O–H groups in total. The van der Waals surface area contributed by atoms with Crippen LogP contribution in [-0.4, -0.2) is 22.8 Å². The molecule has 3 heteroatoms. The summed E-state index contributed by atoms with van der Waals surface area (Å²) in [6.07, 6.45) is 7.06. The predicted octanol–water partition coefficient (Wildman–Crippen LogP) is 1.40. The summed E-state index contributed by atoms with van der Waals surface area (Å²) < 4.78 is 0. The van der Waals surface area contributed by atoms with Crippen molar-refractivity contribution >= 4 is 0 Å². The Hall–Kier alpha value is -0.830. The summed E-state index contributed by atoms with van der Waals surface area (Å²) in [6, 6.07) is 0.838. The summed E-state index contributed by atoms with van der Waals surface area (Å²) in [7, 11) is 0. The maximum atomic E-state index is 4.00. The fraction of sp³-hybridized carbons (Fsp3) is 0.700. The molecule has 0 aromatic carbocycles. The zero-order valence-electron chi connectivity index (χ0n) is 8.14. The molecule has 0 aliphatic heterocycles. The third kappa shape index (κ3) is 2.56. The van der Waals surface area contributed by atoms with Gasteiger partial charge in [-0.05, 0) is 44.7 Å². The Morgan fingerprint density at radius 1 is 1.62 bits per heavy atom. The molecule has 0 atom stereocenters. The van der Waals surface area contributed by atoms with Crippen molar-refractivity contribution in [1.82, 2.24) is 15.5 Å². The Balaban J connectivity index is 1.64. The number of H-pyrrole nitrogens is 1. The first-order valence-electron chi connectivity index (χ1n) is 5.08. The third-order valence-corrected chi connectivity index (χ3v) is 2.57. The number of hydrogen-bond acceptors (Lipinski definition) is 2. The van der Waals surface area contributed by atoms with Gasteiger partial charge in [-0.1, -0.05) is 0 Å². The van der Waals surface area contributed by atoms with Crippen LogP contribution >= 0.6 is 0 Å². The van der Waals surface area contributed by atoms with E-state index in [-0.39, 0.29) is 0 Å². The maximum absolute atomic E-state index is 4.00. The average molecular weight is 179 g/mol. The second-order valence-corrected chi connectivity index (χ2v) is 3.85. The molecule has 0 radical (unpaired) electrons. The van der Waals surface area contributed by atoms with Crippen molar-refractivity contribution in [3.63, 3.8) is 0 Å². The molecule has 13 heavy (non-hydrogen) atoms. The van der Waals surface area contributed by atoms with Crippen LogP contribution in [0.2, 0.25) is 0 Å². The van der Waals surface area contributed by atoms with Crippen LogP contribution in [0.15, 0.2) is 6.20 Å². The summed E-state index contributed by atoms with van der Waals surface area (Å²) in [4.78, 5) is 0. The fourth-order valence-corrected chi connectivity index (χ4v) is 1.50. The van der Waals surface area contributed by atoms with Crippen molar-refractivity contribution < 1.29 is 0 Å². The van der Waals surface area contributed by atoms with Crippen LogP contribution in [0.4, 0.5) is 0 Å².